The van der Waals surface area contributed by atoms with E-state index in [2.05, 4.69) is 72.8 Å². The largest absolute Gasteiger partial charge is 0.346 e. The van der Waals surface area contributed by atoms with Crippen molar-refractivity contribution in [2.45, 2.75) is 13.8 Å². The Morgan fingerprint density at radius 2 is 1.31 bits per heavy atom. The molecule has 0 aliphatic carbocycles. The monoisotopic (exact) mass is 524 g/mol. The van der Waals surface area contributed by atoms with Gasteiger partial charge in [-0.15, -0.1) is 0 Å². The molecule has 0 saturated carbocycles. The minimum Gasteiger partial charge on any atom is -0.346 e. The maximum Gasteiger partial charge on any atom is 0.142 e. The minimum atomic E-state index is 0.964. The molecule has 6 aromatic heterocycles. The van der Waals surface area contributed by atoms with Crippen LogP contribution in [0.3, 0.4) is 0 Å². The van der Waals surface area contributed by atoms with Gasteiger partial charge in [-0.2, -0.15) is 0 Å². The van der Waals surface area contributed by atoms with Gasteiger partial charge in [0.25, 0.3) is 0 Å². The number of aromatic amines is 1. The third-order valence-corrected chi connectivity index (χ3v) is 6.02. The van der Waals surface area contributed by atoms with E-state index < -0.39 is 0 Å². The maximum atomic E-state index is 4.28. The minimum absolute atomic E-state index is 0.964. The molecule has 6 rings (SSSR count). The summed E-state index contributed by atoms with van der Waals surface area (Å²) in [5.41, 5.74) is 5.37. The van der Waals surface area contributed by atoms with Crippen molar-refractivity contribution in [3.8, 4) is 0 Å². The number of aryl methyl sites for hydroxylation is 2. The Labute approximate surface area is 199 Å². The highest BCUT2D eigenvalue weighted by Crippen LogP contribution is 2.19. The molecule has 0 aliphatic heterocycles. The highest BCUT2D eigenvalue weighted by atomic mass is 79.9. The van der Waals surface area contributed by atoms with Crippen LogP contribution in [0.1, 0.15) is 11.1 Å². The quantitative estimate of drug-likeness (QED) is 0.237. The van der Waals surface area contributed by atoms with Crippen molar-refractivity contribution in [2.75, 3.05) is 0 Å². The molecular formula is C23H23BrN6P2. The SMILES string of the molecule is Cc1cnc2[nH]ccc2c1.Cc1cnc2c(ccn2P)c1.Pn1ccc2cc(Br)cnc21. The summed E-state index contributed by atoms with van der Waals surface area (Å²) in [4.78, 5) is 15.7. The lowest BCUT2D eigenvalue weighted by atomic mass is 10.2. The Kier molecular flexibility index (Phi) is 7.00. The molecule has 0 radical (unpaired) electrons. The van der Waals surface area contributed by atoms with Crippen LogP contribution in [0.4, 0.5) is 0 Å². The van der Waals surface area contributed by atoms with Crippen LogP contribution < -0.4 is 0 Å². The molecule has 162 valence electrons. The van der Waals surface area contributed by atoms with Gasteiger partial charge in [-0.05, 0) is 96.1 Å². The lowest BCUT2D eigenvalue weighted by Crippen LogP contribution is -1.81. The Morgan fingerprint density at radius 1 is 0.750 bits per heavy atom. The van der Waals surface area contributed by atoms with Crippen molar-refractivity contribution in [3.63, 3.8) is 0 Å². The van der Waals surface area contributed by atoms with Crippen LogP contribution in [0.25, 0.3) is 33.1 Å². The number of hydrogen-bond donors (Lipinski definition) is 1. The molecule has 0 bridgehead atoms. The van der Waals surface area contributed by atoms with Crippen LogP contribution in [0.5, 0.6) is 0 Å². The number of hydrogen-bond acceptors (Lipinski definition) is 3. The fourth-order valence-electron chi connectivity index (χ4n) is 3.22. The van der Waals surface area contributed by atoms with E-state index in [-0.39, 0.29) is 0 Å². The normalized spacial score (nSPS) is 10.7. The molecule has 9 heteroatoms. The molecule has 0 aliphatic rings. The van der Waals surface area contributed by atoms with E-state index in [1.807, 2.05) is 71.7 Å². The summed E-state index contributed by atoms with van der Waals surface area (Å²) in [6, 6.07) is 12.4. The van der Waals surface area contributed by atoms with Crippen LogP contribution in [-0.4, -0.2) is 28.6 Å². The molecule has 2 atom stereocenters. The van der Waals surface area contributed by atoms with E-state index in [4.69, 9.17) is 0 Å². The molecule has 0 fully saturated rings. The van der Waals surface area contributed by atoms with E-state index in [1.54, 1.807) is 6.20 Å². The van der Waals surface area contributed by atoms with Gasteiger partial charge < -0.3 is 13.7 Å². The molecule has 1 N–H and O–H groups in total. The van der Waals surface area contributed by atoms with Crippen LogP contribution in [0, 0.1) is 13.8 Å². The lowest BCUT2D eigenvalue weighted by molar-refractivity contribution is 1.24. The number of aromatic nitrogens is 6. The molecule has 0 aromatic carbocycles. The van der Waals surface area contributed by atoms with Crippen molar-refractivity contribution in [1.82, 2.24) is 28.6 Å². The maximum absolute atomic E-state index is 4.28. The fraction of sp³-hybridized carbons (Fsp3) is 0.0870. The summed E-state index contributed by atoms with van der Waals surface area (Å²) in [6.07, 6.45) is 11.4. The summed E-state index contributed by atoms with van der Waals surface area (Å²) in [5, 5.41) is 3.52. The van der Waals surface area contributed by atoms with E-state index >= 15 is 0 Å². The number of rotatable bonds is 0. The summed E-state index contributed by atoms with van der Waals surface area (Å²) < 4.78 is 4.87. The number of H-pyrrole nitrogens is 1. The number of halogens is 1. The predicted molar refractivity (Wildman–Crippen MR) is 143 cm³/mol. The smallest absolute Gasteiger partial charge is 0.142 e. The molecular weight excluding hydrogens is 502 g/mol. The molecule has 0 saturated heterocycles. The summed E-state index contributed by atoms with van der Waals surface area (Å²) in [6.45, 7) is 4.09. The molecule has 2 unspecified atom stereocenters. The van der Waals surface area contributed by atoms with Gasteiger partial charge in [0.1, 0.15) is 16.9 Å². The van der Waals surface area contributed by atoms with Crippen LogP contribution in [-0.2, 0) is 0 Å². The highest BCUT2D eigenvalue weighted by Gasteiger charge is 1.98. The Hall–Kier alpha value is -2.59. The zero-order chi connectivity index (χ0) is 22.7. The van der Waals surface area contributed by atoms with Crippen molar-refractivity contribution < 1.29 is 0 Å². The van der Waals surface area contributed by atoms with E-state index in [0.717, 1.165) is 26.8 Å². The number of nitrogens with zero attached hydrogens (tertiary/aromatic N) is 5. The first-order chi connectivity index (χ1) is 15.4. The molecule has 6 heterocycles. The Bertz CT molecular complexity index is 1420. The van der Waals surface area contributed by atoms with Gasteiger partial charge in [-0.1, -0.05) is 0 Å². The molecule has 0 spiro atoms. The van der Waals surface area contributed by atoms with E-state index in [9.17, 15) is 0 Å². The standard InChI is InChI=1S/C8H9N2P.C8H8N2.C7H6BrN2P/c1-6-4-7-2-3-10(11)8(7)9-5-6;1-6-4-7-2-3-9-8(7)10-5-6;8-6-3-5-1-2-10(11)7(5)9-4-6/h2-5H,11H2,1H3;2-5H,1H3,(H,9,10);1-4H,11H2. The zero-order valence-corrected chi connectivity index (χ0v) is 21.6. The lowest BCUT2D eigenvalue weighted by Gasteiger charge is -1.94. The van der Waals surface area contributed by atoms with Gasteiger partial charge in [0.15, 0.2) is 0 Å². The van der Waals surface area contributed by atoms with Gasteiger partial charge in [0, 0.05) is 57.8 Å². The summed E-state index contributed by atoms with van der Waals surface area (Å²) in [5.74, 6) is 0. The molecule has 32 heavy (non-hydrogen) atoms. The molecule has 6 nitrogen and oxygen atoms in total. The summed E-state index contributed by atoms with van der Waals surface area (Å²) >= 11 is 3.36. The number of pyridine rings is 3. The number of nitrogens with one attached hydrogen (secondary N) is 1. The average Bonchev–Trinajstić information content (AvgIpc) is 3.48. The van der Waals surface area contributed by atoms with E-state index in [1.165, 1.54) is 21.9 Å². The predicted octanol–water partition coefficient (Wildman–Crippen LogP) is 6.29. The fourth-order valence-corrected chi connectivity index (χ4v) is 4.17. The average molecular weight is 525 g/mol. The highest BCUT2D eigenvalue weighted by molar-refractivity contribution is 9.10. The first-order valence-electron chi connectivity index (χ1n) is 9.87. The first-order valence-corrected chi connectivity index (χ1v) is 11.7. The molecule has 6 aromatic rings. The third-order valence-electron chi connectivity index (χ3n) is 4.75. The van der Waals surface area contributed by atoms with Gasteiger partial charge in [0.05, 0.1) is 0 Å². The second kappa shape index (κ2) is 9.91. The van der Waals surface area contributed by atoms with Gasteiger partial charge in [0.2, 0.25) is 0 Å². The Morgan fingerprint density at radius 3 is 2.00 bits per heavy atom. The van der Waals surface area contributed by atoms with E-state index in [0.29, 0.717) is 0 Å². The number of fused-ring (bicyclic) bond motifs is 3. The van der Waals surface area contributed by atoms with Crippen molar-refractivity contribution in [2.24, 2.45) is 0 Å². The zero-order valence-electron chi connectivity index (χ0n) is 17.7. The van der Waals surface area contributed by atoms with Crippen molar-refractivity contribution >= 4 is 67.8 Å². The van der Waals surface area contributed by atoms with Gasteiger partial charge in [-0.3, -0.25) is 0 Å². The first kappa shape index (κ1) is 22.6. The van der Waals surface area contributed by atoms with Crippen LogP contribution >= 0.6 is 34.7 Å². The van der Waals surface area contributed by atoms with Crippen LogP contribution in [0.15, 0.2) is 78.1 Å². The van der Waals surface area contributed by atoms with Gasteiger partial charge >= 0.3 is 0 Å². The van der Waals surface area contributed by atoms with Crippen molar-refractivity contribution in [1.29, 1.82) is 0 Å². The third kappa shape index (κ3) is 5.24. The van der Waals surface area contributed by atoms with Crippen molar-refractivity contribution in [3.05, 3.63) is 89.2 Å². The van der Waals surface area contributed by atoms with Crippen LogP contribution in [0.2, 0.25) is 0 Å². The van der Waals surface area contributed by atoms with Gasteiger partial charge in [-0.25, -0.2) is 15.0 Å². The summed E-state index contributed by atoms with van der Waals surface area (Å²) in [7, 11) is 5.19. The molecule has 0 amide bonds. The Balaban J connectivity index is 0.000000115. The second-order valence-corrected chi connectivity index (χ2v) is 9.39. The second-order valence-electron chi connectivity index (χ2n) is 7.37. The topological polar surface area (TPSA) is 64.3 Å².